The molecular formula is C13H11BrClN3. The molecule has 0 spiro atoms. The molecule has 2 rings (SSSR count). The van der Waals surface area contributed by atoms with Crippen LogP contribution >= 0.6 is 27.5 Å². The van der Waals surface area contributed by atoms with Gasteiger partial charge in [0.25, 0.3) is 0 Å². The van der Waals surface area contributed by atoms with Gasteiger partial charge in [-0.05, 0) is 33.1 Å². The second-order valence-corrected chi connectivity index (χ2v) is 4.72. The van der Waals surface area contributed by atoms with E-state index in [9.17, 15) is 0 Å². The third-order valence-corrected chi connectivity index (χ3v) is 2.97. The monoisotopic (exact) mass is 323 g/mol. The molecule has 0 radical (unpaired) electrons. The van der Waals surface area contributed by atoms with Crippen LogP contribution in [0.2, 0.25) is 5.28 Å². The van der Waals surface area contributed by atoms with Crippen molar-refractivity contribution in [3.8, 4) is 0 Å². The number of anilines is 1. The largest absolute Gasteiger partial charge is 0.366 e. The summed E-state index contributed by atoms with van der Waals surface area (Å²) in [5.41, 5.74) is 1.17. The van der Waals surface area contributed by atoms with Gasteiger partial charge < -0.3 is 5.32 Å². The van der Waals surface area contributed by atoms with Crippen LogP contribution in [-0.2, 0) is 0 Å². The molecule has 18 heavy (non-hydrogen) atoms. The zero-order valence-electron chi connectivity index (χ0n) is 9.48. The van der Waals surface area contributed by atoms with Gasteiger partial charge in [-0.15, -0.1) is 0 Å². The van der Waals surface area contributed by atoms with E-state index in [1.807, 2.05) is 42.5 Å². The van der Waals surface area contributed by atoms with E-state index in [0.717, 1.165) is 4.47 Å². The third kappa shape index (κ3) is 3.82. The van der Waals surface area contributed by atoms with Gasteiger partial charge in [0.1, 0.15) is 5.82 Å². The molecular weight excluding hydrogens is 314 g/mol. The first kappa shape index (κ1) is 13.1. The van der Waals surface area contributed by atoms with Gasteiger partial charge in [-0.25, -0.2) is 4.98 Å². The smallest absolute Gasteiger partial charge is 0.224 e. The molecule has 0 fully saturated rings. The fourth-order valence-electron chi connectivity index (χ4n) is 1.38. The first-order valence-corrected chi connectivity index (χ1v) is 6.56. The minimum Gasteiger partial charge on any atom is -0.366 e. The van der Waals surface area contributed by atoms with Gasteiger partial charge >= 0.3 is 0 Å². The Hall–Kier alpha value is -1.39. The number of nitrogens with one attached hydrogen (secondary N) is 1. The molecule has 0 aliphatic heterocycles. The van der Waals surface area contributed by atoms with Crippen LogP contribution in [0.3, 0.4) is 0 Å². The van der Waals surface area contributed by atoms with Gasteiger partial charge in [0.2, 0.25) is 5.28 Å². The molecule has 0 bridgehead atoms. The van der Waals surface area contributed by atoms with Crippen molar-refractivity contribution < 1.29 is 0 Å². The van der Waals surface area contributed by atoms with Crippen LogP contribution in [-0.4, -0.2) is 16.5 Å². The van der Waals surface area contributed by atoms with E-state index in [4.69, 9.17) is 11.6 Å². The topological polar surface area (TPSA) is 37.8 Å². The average Bonchev–Trinajstić information content (AvgIpc) is 2.40. The minimum absolute atomic E-state index is 0.229. The number of hydrogen-bond acceptors (Lipinski definition) is 3. The molecule has 1 N–H and O–H groups in total. The summed E-state index contributed by atoms with van der Waals surface area (Å²) in [6.07, 6.45) is 5.69. The summed E-state index contributed by atoms with van der Waals surface area (Å²) in [4.78, 5) is 7.94. The van der Waals surface area contributed by atoms with Crippen molar-refractivity contribution in [1.82, 2.24) is 9.97 Å². The number of benzene rings is 1. The maximum Gasteiger partial charge on any atom is 0.224 e. The first-order chi connectivity index (χ1) is 8.75. The molecule has 0 atom stereocenters. The number of nitrogens with zero attached hydrogens (tertiary/aromatic N) is 2. The number of aromatic nitrogens is 2. The molecule has 92 valence electrons. The Morgan fingerprint density at radius 3 is 2.83 bits per heavy atom. The molecule has 5 heteroatoms. The fraction of sp³-hybridized carbons (Fsp3) is 0.0769. The third-order valence-electron chi connectivity index (χ3n) is 2.21. The standard InChI is InChI=1S/C13H11BrClN3/c14-11-9-17-13(15)18-12(11)16-8-4-7-10-5-2-1-3-6-10/h1-7,9H,8H2,(H,16,17,18). The summed E-state index contributed by atoms with van der Waals surface area (Å²) in [5.74, 6) is 0.688. The Kier molecular flexibility index (Phi) is 4.73. The molecule has 1 heterocycles. The van der Waals surface area contributed by atoms with Gasteiger partial charge in [0, 0.05) is 12.7 Å². The Bertz CT molecular complexity index is 543. The highest BCUT2D eigenvalue weighted by atomic mass is 79.9. The SMILES string of the molecule is Clc1ncc(Br)c(NCC=Cc2ccccc2)n1. The molecule has 1 aromatic carbocycles. The van der Waals surface area contributed by atoms with Crippen LogP contribution in [0.5, 0.6) is 0 Å². The molecule has 1 aromatic heterocycles. The lowest BCUT2D eigenvalue weighted by molar-refractivity contribution is 1.13. The Balaban J connectivity index is 1.92. The van der Waals surface area contributed by atoms with E-state index in [1.54, 1.807) is 6.20 Å². The molecule has 0 saturated heterocycles. The van der Waals surface area contributed by atoms with Crippen LogP contribution in [0.25, 0.3) is 6.08 Å². The van der Waals surface area contributed by atoms with Crippen LogP contribution in [0.1, 0.15) is 5.56 Å². The molecule has 0 unspecified atom stereocenters. The van der Waals surface area contributed by atoms with Crippen molar-refractivity contribution in [2.75, 3.05) is 11.9 Å². The molecule has 2 aromatic rings. The van der Waals surface area contributed by atoms with Crippen molar-refractivity contribution in [1.29, 1.82) is 0 Å². The maximum atomic E-state index is 5.72. The quantitative estimate of drug-likeness (QED) is 0.863. The Morgan fingerprint density at radius 1 is 1.28 bits per heavy atom. The van der Waals surface area contributed by atoms with Gasteiger partial charge in [-0.1, -0.05) is 42.5 Å². The molecule has 0 aliphatic carbocycles. The van der Waals surface area contributed by atoms with Crippen molar-refractivity contribution in [2.24, 2.45) is 0 Å². The second-order valence-electron chi connectivity index (χ2n) is 3.53. The molecule has 0 aliphatic rings. The first-order valence-electron chi connectivity index (χ1n) is 5.39. The second kappa shape index (κ2) is 6.52. The lowest BCUT2D eigenvalue weighted by Gasteiger charge is -2.04. The summed E-state index contributed by atoms with van der Waals surface area (Å²) < 4.78 is 0.792. The predicted octanol–water partition coefficient (Wildman–Crippen LogP) is 4.02. The number of rotatable bonds is 4. The van der Waals surface area contributed by atoms with Gasteiger partial charge in [0.05, 0.1) is 4.47 Å². The van der Waals surface area contributed by atoms with E-state index in [2.05, 4.69) is 31.2 Å². The van der Waals surface area contributed by atoms with Gasteiger partial charge in [0.15, 0.2) is 0 Å². The van der Waals surface area contributed by atoms with E-state index in [1.165, 1.54) is 5.56 Å². The maximum absolute atomic E-state index is 5.72. The normalized spacial score (nSPS) is 10.8. The Morgan fingerprint density at radius 2 is 2.06 bits per heavy atom. The van der Waals surface area contributed by atoms with Crippen LogP contribution < -0.4 is 5.32 Å². The summed E-state index contributed by atoms with van der Waals surface area (Å²) >= 11 is 9.08. The minimum atomic E-state index is 0.229. The summed E-state index contributed by atoms with van der Waals surface area (Å²) in [5, 5.41) is 3.38. The molecule has 0 saturated carbocycles. The lowest BCUT2D eigenvalue weighted by atomic mass is 10.2. The van der Waals surface area contributed by atoms with Crippen molar-refractivity contribution in [3.05, 3.63) is 57.9 Å². The zero-order valence-corrected chi connectivity index (χ0v) is 11.8. The van der Waals surface area contributed by atoms with Crippen molar-refractivity contribution in [3.63, 3.8) is 0 Å². The van der Waals surface area contributed by atoms with Crippen molar-refractivity contribution in [2.45, 2.75) is 0 Å². The highest BCUT2D eigenvalue weighted by Crippen LogP contribution is 2.19. The Labute approximate surface area is 119 Å². The van der Waals surface area contributed by atoms with E-state index >= 15 is 0 Å². The van der Waals surface area contributed by atoms with E-state index in [-0.39, 0.29) is 5.28 Å². The molecule has 3 nitrogen and oxygen atoms in total. The number of halogens is 2. The van der Waals surface area contributed by atoms with E-state index in [0.29, 0.717) is 12.4 Å². The number of hydrogen-bond donors (Lipinski definition) is 1. The highest BCUT2D eigenvalue weighted by Gasteiger charge is 2.01. The van der Waals surface area contributed by atoms with Crippen LogP contribution in [0.15, 0.2) is 47.1 Å². The van der Waals surface area contributed by atoms with Gasteiger partial charge in [-0.2, -0.15) is 4.98 Å². The fourth-order valence-corrected chi connectivity index (χ4v) is 1.85. The highest BCUT2D eigenvalue weighted by molar-refractivity contribution is 9.10. The lowest BCUT2D eigenvalue weighted by Crippen LogP contribution is -2.02. The summed E-state index contributed by atoms with van der Waals surface area (Å²) in [7, 11) is 0. The van der Waals surface area contributed by atoms with Crippen LogP contribution in [0, 0.1) is 0 Å². The predicted molar refractivity (Wildman–Crippen MR) is 78.7 cm³/mol. The zero-order chi connectivity index (χ0) is 12.8. The van der Waals surface area contributed by atoms with Crippen LogP contribution in [0.4, 0.5) is 5.82 Å². The van der Waals surface area contributed by atoms with Crippen molar-refractivity contribution >= 4 is 39.4 Å². The van der Waals surface area contributed by atoms with E-state index < -0.39 is 0 Å². The summed E-state index contributed by atoms with van der Waals surface area (Å²) in [6, 6.07) is 10.1. The average molecular weight is 325 g/mol. The summed E-state index contributed by atoms with van der Waals surface area (Å²) in [6.45, 7) is 0.667. The van der Waals surface area contributed by atoms with Gasteiger partial charge in [-0.3, -0.25) is 0 Å². The molecule has 0 amide bonds.